The Morgan fingerprint density at radius 3 is 2.21 bits per heavy atom. The van der Waals surface area contributed by atoms with Crippen molar-refractivity contribution in [3.63, 3.8) is 0 Å². The zero-order valence-corrected chi connectivity index (χ0v) is 16.2. The molecule has 146 valence electrons. The lowest BCUT2D eigenvalue weighted by molar-refractivity contribution is 0.102. The summed E-state index contributed by atoms with van der Waals surface area (Å²) >= 11 is 0. The average molecular weight is 390 g/mol. The first-order valence-electron chi connectivity index (χ1n) is 9.05. The van der Waals surface area contributed by atoms with E-state index >= 15 is 0 Å². The Bertz CT molecular complexity index is 1170. The summed E-state index contributed by atoms with van der Waals surface area (Å²) < 4.78 is 17.8. The quantitative estimate of drug-likeness (QED) is 0.575. The minimum atomic E-state index is -0.539. The Morgan fingerprint density at radius 1 is 0.931 bits per heavy atom. The number of carbonyl (C=O) groups is 1. The second-order valence-electron chi connectivity index (χ2n) is 6.75. The molecule has 8 heteroatoms. The first-order chi connectivity index (χ1) is 13.9. The molecule has 0 aliphatic rings. The Labute approximate surface area is 166 Å². The summed E-state index contributed by atoms with van der Waals surface area (Å²) in [6.45, 7) is 5.78. The van der Waals surface area contributed by atoms with Gasteiger partial charge < -0.3 is 9.88 Å². The smallest absolute Gasteiger partial charge is 0.255 e. The predicted octanol–water partition coefficient (Wildman–Crippen LogP) is 3.77. The maximum absolute atomic E-state index is 14.2. The second-order valence-corrected chi connectivity index (χ2v) is 6.75. The molecule has 0 aliphatic heterocycles. The third kappa shape index (κ3) is 3.52. The lowest BCUT2D eigenvalue weighted by atomic mass is 10.1. The molecule has 1 N–H and O–H groups in total. The van der Waals surface area contributed by atoms with Gasteiger partial charge in [0.15, 0.2) is 5.82 Å². The summed E-state index contributed by atoms with van der Waals surface area (Å²) in [6, 6.07) is 15.6. The van der Waals surface area contributed by atoms with Crippen LogP contribution in [0.2, 0.25) is 0 Å². The van der Waals surface area contributed by atoms with E-state index < -0.39 is 11.7 Å². The van der Waals surface area contributed by atoms with Crippen molar-refractivity contribution in [2.75, 3.05) is 5.32 Å². The number of anilines is 1. The van der Waals surface area contributed by atoms with Gasteiger partial charge in [-0.25, -0.2) is 4.39 Å². The number of aromatic nitrogens is 5. The number of hydrogen-bond donors (Lipinski definition) is 1. The lowest BCUT2D eigenvalue weighted by Gasteiger charge is -2.11. The van der Waals surface area contributed by atoms with Crippen molar-refractivity contribution in [3.05, 3.63) is 83.2 Å². The topological polar surface area (TPSA) is 77.6 Å². The Kier molecular flexibility index (Phi) is 4.67. The molecule has 4 aromatic rings. The monoisotopic (exact) mass is 390 g/mol. The number of hydrogen-bond acceptors (Lipinski definition) is 4. The molecule has 0 unspecified atom stereocenters. The number of nitrogens with one attached hydrogen (secondary N) is 1. The molecular weight excluding hydrogens is 371 g/mol. The van der Waals surface area contributed by atoms with Crippen molar-refractivity contribution in [2.45, 2.75) is 20.8 Å². The van der Waals surface area contributed by atoms with Crippen molar-refractivity contribution < 1.29 is 9.18 Å². The minimum absolute atomic E-state index is 0.0589. The number of carbonyl (C=O) groups excluding carboxylic acids is 1. The van der Waals surface area contributed by atoms with Crippen LogP contribution in [0.25, 0.3) is 11.4 Å². The minimum Gasteiger partial charge on any atom is -0.319 e. The van der Waals surface area contributed by atoms with E-state index in [2.05, 4.69) is 25.4 Å². The molecule has 0 aliphatic carbocycles. The lowest BCUT2D eigenvalue weighted by Crippen LogP contribution is -2.14. The summed E-state index contributed by atoms with van der Waals surface area (Å²) in [5.41, 5.74) is 4.22. The van der Waals surface area contributed by atoms with E-state index in [1.54, 1.807) is 25.1 Å². The highest BCUT2D eigenvalue weighted by Crippen LogP contribution is 2.21. The van der Waals surface area contributed by atoms with Crippen LogP contribution >= 0.6 is 0 Å². The summed E-state index contributed by atoms with van der Waals surface area (Å²) in [4.78, 5) is 12.6. The van der Waals surface area contributed by atoms with Crippen LogP contribution < -0.4 is 5.32 Å². The highest BCUT2D eigenvalue weighted by atomic mass is 19.1. The molecule has 0 saturated heterocycles. The summed E-state index contributed by atoms with van der Waals surface area (Å²) in [5, 5.41) is 13.9. The molecule has 1 amide bonds. The fourth-order valence-electron chi connectivity index (χ4n) is 3.24. The van der Waals surface area contributed by atoms with E-state index in [1.807, 2.05) is 38.1 Å². The van der Waals surface area contributed by atoms with E-state index in [9.17, 15) is 9.18 Å². The number of halogens is 1. The Morgan fingerprint density at radius 2 is 1.59 bits per heavy atom. The highest BCUT2D eigenvalue weighted by Gasteiger charge is 2.13. The maximum Gasteiger partial charge on any atom is 0.255 e. The van der Waals surface area contributed by atoms with E-state index in [0.29, 0.717) is 17.1 Å². The van der Waals surface area contributed by atoms with Gasteiger partial charge in [0.05, 0.1) is 11.4 Å². The van der Waals surface area contributed by atoms with Crippen LogP contribution in [0.3, 0.4) is 0 Å². The molecule has 0 atom stereocenters. The van der Waals surface area contributed by atoms with Gasteiger partial charge in [-0.3, -0.25) is 4.79 Å². The molecule has 4 rings (SSSR count). The molecule has 0 spiro atoms. The van der Waals surface area contributed by atoms with Gasteiger partial charge in [-0.2, -0.15) is 4.68 Å². The predicted molar refractivity (Wildman–Crippen MR) is 107 cm³/mol. The summed E-state index contributed by atoms with van der Waals surface area (Å²) in [7, 11) is 0. The van der Waals surface area contributed by atoms with E-state index in [1.165, 1.54) is 16.8 Å². The molecule has 2 aromatic carbocycles. The van der Waals surface area contributed by atoms with Crippen molar-refractivity contribution in [1.29, 1.82) is 0 Å². The van der Waals surface area contributed by atoms with Gasteiger partial charge in [-0.05, 0) is 85.8 Å². The van der Waals surface area contributed by atoms with Crippen LogP contribution in [0.15, 0.2) is 54.6 Å². The molecule has 29 heavy (non-hydrogen) atoms. The molecule has 2 aromatic heterocycles. The van der Waals surface area contributed by atoms with Crippen molar-refractivity contribution in [3.8, 4) is 11.4 Å². The van der Waals surface area contributed by atoms with Crippen LogP contribution in [-0.4, -0.2) is 30.7 Å². The van der Waals surface area contributed by atoms with Gasteiger partial charge in [0.2, 0.25) is 0 Å². The fraction of sp³-hybridized carbons (Fsp3) is 0.143. The van der Waals surface area contributed by atoms with Crippen LogP contribution in [-0.2, 0) is 0 Å². The first-order valence-corrected chi connectivity index (χ1v) is 9.05. The van der Waals surface area contributed by atoms with Gasteiger partial charge in [0, 0.05) is 22.6 Å². The average Bonchev–Trinajstić information content (AvgIpc) is 3.28. The van der Waals surface area contributed by atoms with E-state index in [0.717, 1.165) is 17.1 Å². The largest absolute Gasteiger partial charge is 0.319 e. The summed E-state index contributed by atoms with van der Waals surface area (Å²) in [5.74, 6) is -0.384. The van der Waals surface area contributed by atoms with E-state index in [4.69, 9.17) is 0 Å². The van der Waals surface area contributed by atoms with Gasteiger partial charge in [-0.15, -0.1) is 5.10 Å². The van der Waals surface area contributed by atoms with Gasteiger partial charge in [0.1, 0.15) is 5.82 Å². The number of aryl methyl sites for hydroxylation is 3. The first kappa shape index (κ1) is 18.5. The number of amides is 1. The molecule has 0 fully saturated rings. The zero-order chi connectivity index (χ0) is 20.5. The standard InChI is InChI=1S/C21H19FN6O/c1-13-4-5-14(2)27(13)17-8-6-16(7-9-17)21(29)23-20-12-18(10-11-19(20)22)28-15(3)24-25-26-28/h4-12H,1-3H3,(H,23,29). The summed E-state index contributed by atoms with van der Waals surface area (Å²) in [6.07, 6.45) is 0. The fourth-order valence-corrected chi connectivity index (χ4v) is 3.24. The van der Waals surface area contributed by atoms with Gasteiger partial charge in [-0.1, -0.05) is 0 Å². The van der Waals surface area contributed by atoms with E-state index in [-0.39, 0.29) is 5.69 Å². The van der Waals surface area contributed by atoms with Crippen molar-refractivity contribution >= 4 is 11.6 Å². The number of benzene rings is 2. The molecule has 0 radical (unpaired) electrons. The Balaban J connectivity index is 1.58. The Hall–Kier alpha value is -3.81. The number of tetrazole rings is 1. The second kappa shape index (κ2) is 7.31. The van der Waals surface area contributed by atoms with Crippen LogP contribution in [0.5, 0.6) is 0 Å². The number of rotatable bonds is 4. The molecule has 2 heterocycles. The van der Waals surface area contributed by atoms with Crippen LogP contribution in [0.4, 0.5) is 10.1 Å². The highest BCUT2D eigenvalue weighted by molar-refractivity contribution is 6.04. The maximum atomic E-state index is 14.2. The van der Waals surface area contributed by atoms with Gasteiger partial charge in [0.25, 0.3) is 5.91 Å². The normalized spacial score (nSPS) is 10.9. The third-order valence-corrected chi connectivity index (χ3v) is 4.73. The third-order valence-electron chi connectivity index (χ3n) is 4.73. The molecule has 0 bridgehead atoms. The molecule has 0 saturated carbocycles. The molecule has 7 nitrogen and oxygen atoms in total. The van der Waals surface area contributed by atoms with Crippen molar-refractivity contribution in [1.82, 2.24) is 24.8 Å². The SMILES string of the molecule is Cc1nnnn1-c1ccc(F)c(NC(=O)c2ccc(-n3c(C)ccc3C)cc2)c1. The van der Waals surface area contributed by atoms with Crippen LogP contribution in [0, 0.1) is 26.6 Å². The van der Waals surface area contributed by atoms with Crippen molar-refractivity contribution in [2.24, 2.45) is 0 Å². The van der Waals surface area contributed by atoms with Gasteiger partial charge >= 0.3 is 0 Å². The van der Waals surface area contributed by atoms with Crippen LogP contribution in [0.1, 0.15) is 27.6 Å². The number of nitrogens with zero attached hydrogens (tertiary/aromatic N) is 5. The molecular formula is C21H19FN6O. The zero-order valence-electron chi connectivity index (χ0n) is 16.2.